The van der Waals surface area contributed by atoms with Gasteiger partial charge in [0.05, 0.1) is 19.0 Å². The van der Waals surface area contributed by atoms with Crippen LogP contribution in [0.1, 0.15) is 23.7 Å². The van der Waals surface area contributed by atoms with Gasteiger partial charge >= 0.3 is 0 Å². The monoisotopic (exact) mass is 348 g/mol. The molecular weight excluding hydrogens is 328 g/mol. The highest BCUT2D eigenvalue weighted by molar-refractivity contribution is 5.79. The number of amides is 1. The van der Waals surface area contributed by atoms with E-state index >= 15 is 0 Å². The summed E-state index contributed by atoms with van der Waals surface area (Å²) >= 11 is 0. The smallest absolute Gasteiger partial charge is 0.223 e. The molecule has 0 aliphatic carbocycles. The number of aromatic amines is 1. The number of imidazole rings is 1. The molecule has 26 heavy (non-hydrogen) atoms. The summed E-state index contributed by atoms with van der Waals surface area (Å²) in [6.07, 6.45) is 5.81. The summed E-state index contributed by atoms with van der Waals surface area (Å²) in [4.78, 5) is 26.3. The molecule has 6 nitrogen and oxygen atoms in total. The van der Waals surface area contributed by atoms with Crippen LogP contribution in [0.4, 0.5) is 0 Å². The van der Waals surface area contributed by atoms with Crippen molar-refractivity contribution in [1.29, 1.82) is 0 Å². The van der Waals surface area contributed by atoms with Crippen LogP contribution in [0.2, 0.25) is 0 Å². The molecule has 3 aromatic rings. The summed E-state index contributed by atoms with van der Waals surface area (Å²) in [6.45, 7) is 1.20. The zero-order chi connectivity index (χ0) is 17.9. The maximum Gasteiger partial charge on any atom is 0.223 e. The minimum atomic E-state index is 0.0719. The van der Waals surface area contributed by atoms with Gasteiger partial charge in [0, 0.05) is 48.9 Å². The van der Waals surface area contributed by atoms with Crippen molar-refractivity contribution < 1.29 is 9.53 Å². The molecule has 1 aliphatic heterocycles. The van der Waals surface area contributed by atoms with Crippen LogP contribution in [0.5, 0.6) is 5.75 Å². The van der Waals surface area contributed by atoms with E-state index in [0.717, 1.165) is 28.4 Å². The molecule has 2 aromatic heterocycles. The molecule has 1 N–H and O–H groups in total. The molecule has 1 unspecified atom stereocenters. The van der Waals surface area contributed by atoms with E-state index in [2.05, 4.69) is 15.0 Å². The number of nitrogens with one attached hydrogen (secondary N) is 1. The number of hydrogen-bond acceptors (Lipinski definition) is 4. The Morgan fingerprint density at radius 2 is 2.12 bits per heavy atom. The average Bonchev–Trinajstić information content (AvgIpc) is 3.30. The number of benzene rings is 1. The van der Waals surface area contributed by atoms with Crippen molar-refractivity contribution in [2.45, 2.75) is 18.9 Å². The fourth-order valence-electron chi connectivity index (χ4n) is 3.36. The predicted octanol–water partition coefficient (Wildman–Crippen LogP) is 3.00. The third kappa shape index (κ3) is 3.18. The van der Waals surface area contributed by atoms with E-state index < -0.39 is 0 Å². The van der Waals surface area contributed by atoms with Gasteiger partial charge in [-0.2, -0.15) is 0 Å². The molecule has 1 aliphatic rings. The normalized spacial score (nSPS) is 16.9. The molecule has 132 valence electrons. The molecule has 1 saturated heterocycles. The third-order valence-corrected chi connectivity index (χ3v) is 4.72. The van der Waals surface area contributed by atoms with E-state index in [0.29, 0.717) is 19.5 Å². The van der Waals surface area contributed by atoms with Gasteiger partial charge in [-0.3, -0.25) is 9.78 Å². The van der Waals surface area contributed by atoms with Gasteiger partial charge in [-0.15, -0.1) is 0 Å². The van der Waals surface area contributed by atoms with Crippen LogP contribution in [0.3, 0.4) is 0 Å². The van der Waals surface area contributed by atoms with Crippen LogP contribution in [-0.2, 0) is 11.3 Å². The minimum Gasteiger partial charge on any atom is -0.496 e. The van der Waals surface area contributed by atoms with Crippen LogP contribution < -0.4 is 4.74 Å². The van der Waals surface area contributed by atoms with Crippen LogP contribution >= 0.6 is 0 Å². The summed E-state index contributed by atoms with van der Waals surface area (Å²) in [5, 5.41) is 0. The van der Waals surface area contributed by atoms with E-state index in [1.54, 1.807) is 25.7 Å². The highest BCUT2D eigenvalue weighted by Gasteiger charge is 2.32. The molecule has 0 bridgehead atoms. The second kappa shape index (κ2) is 7.00. The van der Waals surface area contributed by atoms with Crippen molar-refractivity contribution in [1.82, 2.24) is 19.9 Å². The largest absolute Gasteiger partial charge is 0.496 e. The number of carbonyl (C=O) groups is 1. The Kier molecular flexibility index (Phi) is 4.39. The number of hydrogen-bond donors (Lipinski definition) is 1. The SMILES string of the molecule is COc1ccccc1CN1CC(c2ncc(-c3cccnc3)[nH]2)CC1=O. The first-order chi connectivity index (χ1) is 12.7. The van der Waals surface area contributed by atoms with Crippen LogP contribution in [-0.4, -0.2) is 39.4 Å². The first-order valence-corrected chi connectivity index (χ1v) is 8.59. The van der Waals surface area contributed by atoms with E-state index in [1.165, 1.54) is 0 Å². The van der Waals surface area contributed by atoms with E-state index in [4.69, 9.17) is 4.74 Å². The number of ether oxygens (including phenoxy) is 1. The summed E-state index contributed by atoms with van der Waals surface area (Å²) in [5.41, 5.74) is 2.92. The fraction of sp³-hybridized carbons (Fsp3) is 0.250. The number of likely N-dealkylation sites (tertiary alicyclic amines) is 1. The Labute approximate surface area is 151 Å². The Morgan fingerprint density at radius 1 is 1.23 bits per heavy atom. The molecular formula is C20H20N4O2. The molecule has 1 atom stereocenters. The van der Waals surface area contributed by atoms with E-state index in [9.17, 15) is 4.79 Å². The topological polar surface area (TPSA) is 71.1 Å². The standard InChI is InChI=1S/C20H20N4O2/c1-26-18-7-3-2-5-15(18)12-24-13-16(9-19(24)25)20-22-11-17(23-20)14-6-4-8-21-10-14/h2-8,10-11,16H,9,12-13H2,1H3,(H,22,23). The van der Waals surface area contributed by atoms with Gasteiger partial charge < -0.3 is 14.6 Å². The zero-order valence-electron chi connectivity index (χ0n) is 14.6. The zero-order valence-corrected chi connectivity index (χ0v) is 14.6. The molecule has 1 aromatic carbocycles. The first-order valence-electron chi connectivity index (χ1n) is 8.59. The maximum absolute atomic E-state index is 12.5. The lowest BCUT2D eigenvalue weighted by Crippen LogP contribution is -2.24. The number of aromatic nitrogens is 3. The van der Waals surface area contributed by atoms with Gasteiger partial charge in [-0.1, -0.05) is 18.2 Å². The lowest BCUT2D eigenvalue weighted by molar-refractivity contribution is -0.128. The van der Waals surface area contributed by atoms with Crippen LogP contribution in [0.15, 0.2) is 55.0 Å². The summed E-state index contributed by atoms with van der Waals surface area (Å²) in [5.74, 6) is 1.86. The average molecular weight is 348 g/mol. The van der Waals surface area contributed by atoms with Crippen molar-refractivity contribution in [2.24, 2.45) is 0 Å². The lowest BCUT2D eigenvalue weighted by Gasteiger charge is -2.18. The molecule has 0 saturated carbocycles. The molecule has 1 amide bonds. The second-order valence-electron chi connectivity index (χ2n) is 6.41. The number of nitrogens with zero attached hydrogens (tertiary/aromatic N) is 3. The van der Waals surface area contributed by atoms with E-state index in [-0.39, 0.29) is 11.8 Å². The predicted molar refractivity (Wildman–Crippen MR) is 97.6 cm³/mol. The number of methoxy groups -OCH3 is 1. The summed E-state index contributed by atoms with van der Waals surface area (Å²) in [6, 6.07) is 11.7. The van der Waals surface area contributed by atoms with Gasteiger partial charge in [0.1, 0.15) is 11.6 Å². The van der Waals surface area contributed by atoms with Gasteiger partial charge in [0.2, 0.25) is 5.91 Å². The number of H-pyrrole nitrogens is 1. The molecule has 0 radical (unpaired) electrons. The molecule has 1 fully saturated rings. The van der Waals surface area contributed by atoms with Crippen molar-refractivity contribution in [3.05, 3.63) is 66.4 Å². The van der Waals surface area contributed by atoms with Crippen LogP contribution in [0, 0.1) is 0 Å². The van der Waals surface area contributed by atoms with Gasteiger partial charge in [-0.25, -0.2) is 4.98 Å². The van der Waals surface area contributed by atoms with Gasteiger partial charge in [0.15, 0.2) is 0 Å². The molecule has 6 heteroatoms. The summed E-state index contributed by atoms with van der Waals surface area (Å²) < 4.78 is 5.39. The number of carbonyl (C=O) groups excluding carboxylic acids is 1. The van der Waals surface area contributed by atoms with Crippen LogP contribution in [0.25, 0.3) is 11.3 Å². The molecule has 3 heterocycles. The fourth-order valence-corrected chi connectivity index (χ4v) is 3.36. The van der Waals surface area contributed by atoms with E-state index in [1.807, 2.05) is 41.3 Å². The summed E-state index contributed by atoms with van der Waals surface area (Å²) in [7, 11) is 1.65. The van der Waals surface area contributed by atoms with Crippen molar-refractivity contribution in [3.63, 3.8) is 0 Å². The maximum atomic E-state index is 12.5. The Hall–Kier alpha value is -3.15. The lowest BCUT2D eigenvalue weighted by atomic mass is 10.1. The number of rotatable bonds is 5. The number of pyridine rings is 1. The van der Waals surface area contributed by atoms with Crippen molar-refractivity contribution in [3.8, 4) is 17.0 Å². The first kappa shape index (κ1) is 16.3. The second-order valence-corrected chi connectivity index (χ2v) is 6.41. The molecule has 4 rings (SSSR count). The van der Waals surface area contributed by atoms with Crippen molar-refractivity contribution >= 4 is 5.91 Å². The molecule has 0 spiro atoms. The quantitative estimate of drug-likeness (QED) is 0.769. The highest BCUT2D eigenvalue weighted by atomic mass is 16.5. The van der Waals surface area contributed by atoms with Gasteiger partial charge in [-0.05, 0) is 18.2 Å². The van der Waals surface area contributed by atoms with Gasteiger partial charge in [0.25, 0.3) is 0 Å². The minimum absolute atomic E-state index is 0.0719. The highest BCUT2D eigenvalue weighted by Crippen LogP contribution is 2.30. The van der Waals surface area contributed by atoms with Crippen molar-refractivity contribution in [2.75, 3.05) is 13.7 Å². The number of para-hydroxylation sites is 1. The Bertz CT molecular complexity index is 907. The third-order valence-electron chi connectivity index (χ3n) is 4.72. The Morgan fingerprint density at radius 3 is 2.92 bits per heavy atom. The Balaban J connectivity index is 1.49.